The summed E-state index contributed by atoms with van der Waals surface area (Å²) in [5.74, 6) is 0. The number of rotatable bonds is 2. The molecule has 0 aliphatic carbocycles. The maximum atomic E-state index is 5.15. The minimum Gasteiger partial charge on any atom is -0.354 e. The first-order valence-corrected chi connectivity index (χ1v) is 5.87. The molecule has 0 spiro atoms. The molecule has 0 amide bonds. The lowest BCUT2D eigenvalue weighted by Crippen LogP contribution is -2.51. The zero-order valence-electron chi connectivity index (χ0n) is 9.90. The second-order valence-corrected chi connectivity index (χ2v) is 4.90. The minimum absolute atomic E-state index is 0.119. The van der Waals surface area contributed by atoms with Crippen molar-refractivity contribution in [2.75, 3.05) is 0 Å². The van der Waals surface area contributed by atoms with E-state index in [4.69, 9.17) is 12.2 Å². The van der Waals surface area contributed by atoms with Crippen molar-refractivity contribution in [2.45, 2.75) is 19.4 Å². The lowest BCUT2D eigenvalue weighted by atomic mass is 10.0. The van der Waals surface area contributed by atoms with Crippen LogP contribution in [0.3, 0.4) is 0 Å². The van der Waals surface area contributed by atoms with Gasteiger partial charge in [0.05, 0.1) is 11.2 Å². The van der Waals surface area contributed by atoms with E-state index < -0.39 is 0 Å². The lowest BCUT2D eigenvalue weighted by Gasteiger charge is -2.30. The Balaban J connectivity index is 2.16. The van der Waals surface area contributed by atoms with E-state index in [-0.39, 0.29) is 5.54 Å². The number of thiocarbonyl (C=S) groups is 1. The molecular weight excluding hydrogens is 230 g/mol. The van der Waals surface area contributed by atoms with Gasteiger partial charge in [0, 0.05) is 11.9 Å². The minimum atomic E-state index is -0.119. The summed E-state index contributed by atoms with van der Waals surface area (Å²) in [5, 5.41) is 6.94. The van der Waals surface area contributed by atoms with Crippen LogP contribution in [0.25, 0.3) is 6.08 Å². The van der Waals surface area contributed by atoms with Crippen LogP contribution in [-0.4, -0.2) is 15.6 Å². The number of pyridine rings is 1. The van der Waals surface area contributed by atoms with Crippen molar-refractivity contribution < 1.29 is 0 Å². The molecule has 2 rings (SSSR count). The quantitative estimate of drug-likeness (QED) is 0.784. The molecule has 1 aromatic heterocycles. The van der Waals surface area contributed by atoms with Gasteiger partial charge >= 0.3 is 0 Å². The van der Waals surface area contributed by atoms with Gasteiger partial charge < -0.3 is 10.6 Å². The molecule has 1 aliphatic heterocycles. The van der Waals surface area contributed by atoms with Gasteiger partial charge in [-0.2, -0.15) is 0 Å². The van der Waals surface area contributed by atoms with Gasteiger partial charge in [-0.25, -0.2) is 0 Å². The third kappa shape index (κ3) is 3.39. The molecule has 2 N–H and O–H groups in total. The summed E-state index contributed by atoms with van der Waals surface area (Å²) in [6, 6.07) is 5.82. The van der Waals surface area contributed by atoms with Crippen LogP contribution in [0.4, 0.5) is 0 Å². The molecule has 17 heavy (non-hydrogen) atoms. The summed E-state index contributed by atoms with van der Waals surface area (Å²) in [5.41, 5.74) is 1.80. The molecule has 1 aliphatic rings. The molecular formula is C13H15N3S. The van der Waals surface area contributed by atoms with Crippen LogP contribution in [0.1, 0.15) is 19.5 Å². The van der Waals surface area contributed by atoms with Crippen LogP contribution in [0, 0.1) is 0 Å². The van der Waals surface area contributed by atoms with Gasteiger partial charge in [-0.15, -0.1) is 0 Å². The molecule has 1 aromatic rings. The second kappa shape index (κ2) is 4.67. The Hall–Kier alpha value is -1.68. The van der Waals surface area contributed by atoms with Crippen LogP contribution >= 0.6 is 12.2 Å². The van der Waals surface area contributed by atoms with Gasteiger partial charge in [-0.3, -0.25) is 4.98 Å². The normalized spacial score (nSPS) is 18.5. The average molecular weight is 245 g/mol. The zero-order chi connectivity index (χ0) is 12.3. The fraction of sp³-hybridized carbons (Fsp3) is 0.231. The Labute approximate surface area is 107 Å². The third-order valence-corrected chi connectivity index (χ3v) is 2.54. The number of hydrogen-bond acceptors (Lipinski definition) is 2. The standard InChI is InChI=1S/C13H15N3S/c1-13(2)9-11(15-12(17)16-13)7-6-10-5-3-4-8-14-10/h3-9H,1-2H3,(H2,15,16,17)/b7-6+. The van der Waals surface area contributed by atoms with E-state index >= 15 is 0 Å². The van der Waals surface area contributed by atoms with Crippen LogP contribution in [0.2, 0.25) is 0 Å². The van der Waals surface area contributed by atoms with Crippen molar-refractivity contribution in [2.24, 2.45) is 0 Å². The Morgan fingerprint density at radius 2 is 2.12 bits per heavy atom. The van der Waals surface area contributed by atoms with Crippen molar-refractivity contribution in [3.8, 4) is 0 Å². The van der Waals surface area contributed by atoms with Crippen LogP contribution < -0.4 is 10.6 Å². The number of aromatic nitrogens is 1. The van der Waals surface area contributed by atoms with E-state index in [2.05, 4.69) is 35.5 Å². The highest BCUT2D eigenvalue weighted by Gasteiger charge is 2.20. The molecule has 3 nitrogen and oxygen atoms in total. The van der Waals surface area contributed by atoms with Crippen molar-refractivity contribution >= 4 is 23.4 Å². The predicted molar refractivity (Wildman–Crippen MR) is 74.3 cm³/mol. The van der Waals surface area contributed by atoms with E-state index in [0.29, 0.717) is 5.11 Å². The largest absolute Gasteiger partial charge is 0.354 e. The molecule has 0 unspecified atom stereocenters. The summed E-state index contributed by atoms with van der Waals surface area (Å²) < 4.78 is 0. The monoisotopic (exact) mass is 245 g/mol. The average Bonchev–Trinajstić information content (AvgIpc) is 2.25. The molecule has 0 radical (unpaired) electrons. The Morgan fingerprint density at radius 1 is 1.29 bits per heavy atom. The molecule has 4 heteroatoms. The smallest absolute Gasteiger partial charge is 0.171 e. The van der Waals surface area contributed by atoms with Gasteiger partial charge in [0.2, 0.25) is 0 Å². The maximum Gasteiger partial charge on any atom is 0.171 e. The highest BCUT2D eigenvalue weighted by atomic mass is 32.1. The third-order valence-electron chi connectivity index (χ3n) is 2.33. The highest BCUT2D eigenvalue weighted by Crippen LogP contribution is 2.13. The van der Waals surface area contributed by atoms with Gasteiger partial charge in [0.1, 0.15) is 0 Å². The second-order valence-electron chi connectivity index (χ2n) is 4.49. The van der Waals surface area contributed by atoms with E-state index in [1.54, 1.807) is 6.20 Å². The summed E-state index contributed by atoms with van der Waals surface area (Å²) in [6.07, 6.45) is 7.82. The number of nitrogens with one attached hydrogen (secondary N) is 2. The Morgan fingerprint density at radius 3 is 2.76 bits per heavy atom. The van der Waals surface area contributed by atoms with Gasteiger partial charge in [-0.05, 0) is 56.4 Å². The molecule has 0 saturated carbocycles. The Kier molecular flexibility index (Phi) is 3.24. The zero-order valence-corrected chi connectivity index (χ0v) is 10.7. The fourth-order valence-electron chi connectivity index (χ4n) is 1.66. The van der Waals surface area contributed by atoms with Gasteiger partial charge in [-0.1, -0.05) is 6.07 Å². The van der Waals surface area contributed by atoms with Gasteiger partial charge in [0.25, 0.3) is 0 Å². The van der Waals surface area contributed by atoms with Crippen LogP contribution in [0.15, 0.2) is 42.2 Å². The summed E-state index contributed by atoms with van der Waals surface area (Å²) in [4.78, 5) is 4.23. The van der Waals surface area contributed by atoms with Crippen molar-refractivity contribution in [3.05, 3.63) is 47.9 Å². The summed E-state index contributed by atoms with van der Waals surface area (Å²) >= 11 is 5.15. The number of allylic oxidation sites excluding steroid dienone is 1. The van der Waals surface area contributed by atoms with E-state index in [1.807, 2.05) is 30.4 Å². The van der Waals surface area contributed by atoms with E-state index in [9.17, 15) is 0 Å². The first-order valence-electron chi connectivity index (χ1n) is 5.46. The predicted octanol–water partition coefficient (Wildman–Crippen LogP) is 2.23. The number of nitrogens with zero attached hydrogens (tertiary/aromatic N) is 1. The summed E-state index contributed by atoms with van der Waals surface area (Å²) in [7, 11) is 0. The maximum absolute atomic E-state index is 5.15. The fourth-order valence-corrected chi connectivity index (χ4v) is 2.04. The molecule has 0 fully saturated rings. The molecule has 0 aromatic carbocycles. The molecule has 0 atom stereocenters. The molecule has 0 bridgehead atoms. The topological polar surface area (TPSA) is 37.0 Å². The first kappa shape index (κ1) is 11.8. The van der Waals surface area contributed by atoms with Gasteiger partial charge in [0.15, 0.2) is 5.11 Å². The van der Waals surface area contributed by atoms with Crippen molar-refractivity contribution in [3.63, 3.8) is 0 Å². The molecule has 88 valence electrons. The highest BCUT2D eigenvalue weighted by molar-refractivity contribution is 7.80. The molecule has 0 saturated heterocycles. The van der Waals surface area contributed by atoms with Crippen molar-refractivity contribution in [1.82, 2.24) is 15.6 Å². The van der Waals surface area contributed by atoms with Crippen molar-refractivity contribution in [1.29, 1.82) is 0 Å². The number of hydrogen-bond donors (Lipinski definition) is 2. The first-order chi connectivity index (χ1) is 8.05. The SMILES string of the molecule is CC1(C)C=C(/C=C/c2ccccn2)NC(=S)N1. The van der Waals surface area contributed by atoms with E-state index in [0.717, 1.165) is 11.4 Å². The lowest BCUT2D eigenvalue weighted by molar-refractivity contribution is 0.555. The van der Waals surface area contributed by atoms with Crippen LogP contribution in [-0.2, 0) is 0 Å². The van der Waals surface area contributed by atoms with Crippen LogP contribution in [0.5, 0.6) is 0 Å². The molecule has 2 heterocycles. The Bertz CT molecular complexity index is 475. The van der Waals surface area contributed by atoms with E-state index in [1.165, 1.54) is 0 Å². The summed E-state index contributed by atoms with van der Waals surface area (Å²) in [6.45, 7) is 4.16.